The van der Waals surface area contributed by atoms with Crippen molar-refractivity contribution in [3.8, 4) is 5.75 Å². The number of fused-ring (bicyclic) bond motifs is 1. The number of aryl methyl sites for hydroxylation is 1. The molecule has 3 fully saturated rings. The highest BCUT2D eigenvalue weighted by atomic mass is 19.1. The van der Waals surface area contributed by atoms with Crippen LogP contribution in [0.25, 0.3) is 16.6 Å². The first kappa shape index (κ1) is 45.4. The number of aromatic hydroxyl groups is 1. The van der Waals surface area contributed by atoms with Gasteiger partial charge in [0, 0.05) is 125 Å². The van der Waals surface area contributed by atoms with Gasteiger partial charge in [0.15, 0.2) is 0 Å². The molecule has 2 amide bonds. The van der Waals surface area contributed by atoms with E-state index < -0.39 is 5.67 Å². The summed E-state index contributed by atoms with van der Waals surface area (Å²) in [5, 5.41) is 16.5. The van der Waals surface area contributed by atoms with Crippen molar-refractivity contribution in [2.45, 2.75) is 69.5 Å². The van der Waals surface area contributed by atoms with Gasteiger partial charge in [-0.15, -0.1) is 0 Å². The van der Waals surface area contributed by atoms with E-state index in [1.165, 1.54) is 5.56 Å². The van der Waals surface area contributed by atoms with Crippen LogP contribution in [0.3, 0.4) is 0 Å². The Labute approximate surface area is 362 Å². The van der Waals surface area contributed by atoms with Gasteiger partial charge in [-0.25, -0.2) is 8.78 Å². The van der Waals surface area contributed by atoms with Crippen molar-refractivity contribution in [1.82, 2.24) is 24.6 Å². The number of allylic oxidation sites excluding steroid dienone is 1. The number of piperidine rings is 3. The quantitative estimate of drug-likeness (QED) is 0.0553. The Bertz CT molecular complexity index is 2250. The van der Waals surface area contributed by atoms with E-state index in [9.17, 15) is 23.9 Å². The van der Waals surface area contributed by atoms with E-state index in [4.69, 9.17) is 17.2 Å². The number of amides is 2. The fourth-order valence-electron chi connectivity index (χ4n) is 9.11. The Morgan fingerprint density at radius 2 is 1.69 bits per heavy atom. The summed E-state index contributed by atoms with van der Waals surface area (Å²) >= 11 is 0. The molecule has 4 heterocycles. The number of hydrogen-bond donors (Lipinski definition) is 6. The summed E-state index contributed by atoms with van der Waals surface area (Å²) in [6.45, 7) is 6.61. The van der Waals surface area contributed by atoms with Gasteiger partial charge < -0.3 is 57.0 Å². The topological polar surface area (TPSA) is 188 Å². The molecule has 3 aromatic carbocycles. The first-order chi connectivity index (χ1) is 29.8. The average molecular weight is 854 g/mol. The Kier molecular flexibility index (Phi) is 15.1. The number of aldehydes is 1. The zero-order valence-electron chi connectivity index (χ0n) is 35.8. The van der Waals surface area contributed by atoms with Crippen LogP contribution in [0, 0.1) is 12.7 Å². The molecule has 3 aliphatic rings. The van der Waals surface area contributed by atoms with Crippen molar-refractivity contribution in [2.75, 3.05) is 64.7 Å². The van der Waals surface area contributed by atoms with Crippen molar-refractivity contribution in [3.63, 3.8) is 0 Å². The summed E-state index contributed by atoms with van der Waals surface area (Å²) in [6.07, 6.45) is 9.77. The lowest BCUT2D eigenvalue weighted by Crippen LogP contribution is -2.51. The molecule has 15 heteroatoms. The van der Waals surface area contributed by atoms with Gasteiger partial charge in [-0.1, -0.05) is 18.2 Å². The highest BCUT2D eigenvalue weighted by molar-refractivity contribution is 5.94. The number of benzene rings is 3. The van der Waals surface area contributed by atoms with E-state index in [1.54, 1.807) is 42.3 Å². The maximum atomic E-state index is 16.2. The van der Waals surface area contributed by atoms with Gasteiger partial charge in [-0.2, -0.15) is 0 Å². The number of para-hydroxylation sites is 1. The first-order valence-electron chi connectivity index (χ1n) is 21.5. The predicted octanol–water partition coefficient (Wildman–Crippen LogP) is 5.70. The van der Waals surface area contributed by atoms with Crippen molar-refractivity contribution >= 4 is 40.9 Å². The second-order valence-electron chi connectivity index (χ2n) is 16.7. The molecule has 9 N–H and O–H groups in total. The van der Waals surface area contributed by atoms with E-state index in [2.05, 4.69) is 31.1 Å². The zero-order chi connectivity index (χ0) is 44.4. The minimum Gasteiger partial charge on any atom is -0.507 e. The number of anilines is 1. The number of rotatable bonds is 13. The molecule has 7 rings (SSSR count). The molecule has 0 bridgehead atoms. The molecule has 1 unspecified atom stereocenters. The summed E-state index contributed by atoms with van der Waals surface area (Å²) in [5.41, 5.74) is 23.1. The second kappa shape index (κ2) is 20.6. The number of nitrogens with zero attached hydrogens (tertiary/aromatic N) is 4. The highest BCUT2D eigenvalue weighted by Gasteiger charge is 2.39. The molecule has 62 heavy (non-hydrogen) atoms. The van der Waals surface area contributed by atoms with Crippen LogP contribution < -0.4 is 27.8 Å². The number of phenols is 1. The minimum absolute atomic E-state index is 0.0640. The van der Waals surface area contributed by atoms with Crippen molar-refractivity contribution < 1.29 is 28.3 Å². The molecule has 1 atom stereocenters. The number of likely N-dealkylation sites (tertiary alicyclic amines) is 3. The van der Waals surface area contributed by atoms with E-state index >= 15 is 4.39 Å². The lowest BCUT2D eigenvalue weighted by atomic mass is 9.86. The van der Waals surface area contributed by atoms with Crippen molar-refractivity contribution in [2.24, 2.45) is 17.2 Å². The number of hydrogen-bond acceptors (Lipinski definition) is 10. The number of nitrogens with one attached hydrogen (secondary N) is 2. The smallest absolute Gasteiger partial charge is 0.253 e. The molecule has 0 spiro atoms. The van der Waals surface area contributed by atoms with Crippen LogP contribution in [0.5, 0.6) is 5.75 Å². The van der Waals surface area contributed by atoms with Gasteiger partial charge in [0.25, 0.3) is 5.91 Å². The van der Waals surface area contributed by atoms with Crippen LogP contribution in [0.2, 0.25) is 0 Å². The fraction of sp³-hybridized carbons (Fsp3) is 0.426. The molecule has 1 aromatic heterocycles. The molecule has 13 nitrogen and oxygen atoms in total. The Morgan fingerprint density at radius 1 is 0.952 bits per heavy atom. The Balaban J connectivity index is 0.000000845. The lowest BCUT2D eigenvalue weighted by molar-refractivity contribution is -0.110. The standard InChI is InChI=1S/C43H54F2N8O2.C4H7NO2/c1-28-22-30(9-10-33(28)31-6-5-16-52(26-31)39(41(47)48)25-36(46)34-7-3-4-8-40(34)54)42(55)51-20-14-43(45,15-21-51)27-50-17-12-32(13-18-50)53-19-11-29-23-37(49-2)35(44)24-38(29)53;6-3-1-2-5-4-7/h3-4,7-11,19,22-25,31-32,49,54H,5-6,12-18,20-21,26-27,46-48H2,1-2H3;3-4H,1-2H2,(H,5,7)/b36-25-;. The maximum Gasteiger partial charge on any atom is 0.253 e. The average Bonchev–Trinajstić information content (AvgIpc) is 3.68. The zero-order valence-corrected chi connectivity index (χ0v) is 35.8. The normalized spacial score (nSPS) is 18.4. The number of aromatic nitrogens is 1. The molecular weight excluding hydrogens is 793 g/mol. The molecule has 0 aliphatic carbocycles. The van der Waals surface area contributed by atoms with Gasteiger partial charge >= 0.3 is 0 Å². The second-order valence-corrected chi connectivity index (χ2v) is 16.7. The van der Waals surface area contributed by atoms with Crippen molar-refractivity contribution in [3.05, 3.63) is 113 Å². The van der Waals surface area contributed by atoms with E-state index in [-0.39, 0.29) is 35.3 Å². The Morgan fingerprint density at radius 3 is 2.35 bits per heavy atom. The molecule has 4 aromatic rings. The third-order valence-electron chi connectivity index (χ3n) is 12.5. The summed E-state index contributed by atoms with van der Waals surface area (Å²) in [6, 6.07) is 18.5. The highest BCUT2D eigenvalue weighted by Crippen LogP contribution is 2.36. The van der Waals surface area contributed by atoms with Crippen LogP contribution in [0.4, 0.5) is 14.5 Å². The van der Waals surface area contributed by atoms with Gasteiger partial charge in [-0.05, 0) is 86.2 Å². The van der Waals surface area contributed by atoms with Crippen LogP contribution in [0.15, 0.2) is 84.5 Å². The third-order valence-corrected chi connectivity index (χ3v) is 12.5. The Hall–Kier alpha value is -6.09. The van der Waals surface area contributed by atoms with Gasteiger partial charge in [0.2, 0.25) is 6.41 Å². The third kappa shape index (κ3) is 10.9. The van der Waals surface area contributed by atoms with Gasteiger partial charge in [0.05, 0.1) is 16.9 Å². The van der Waals surface area contributed by atoms with E-state index in [1.807, 2.05) is 43.5 Å². The molecule has 3 saturated heterocycles. The molecule has 0 radical (unpaired) electrons. The lowest BCUT2D eigenvalue weighted by Gasteiger charge is -2.41. The van der Waals surface area contributed by atoms with Crippen LogP contribution in [0.1, 0.15) is 84.0 Å². The van der Waals surface area contributed by atoms with Crippen LogP contribution >= 0.6 is 0 Å². The van der Waals surface area contributed by atoms with Gasteiger partial charge in [0.1, 0.15) is 29.3 Å². The maximum absolute atomic E-state index is 16.2. The molecule has 332 valence electrons. The summed E-state index contributed by atoms with van der Waals surface area (Å²) in [7, 11) is 1.72. The van der Waals surface area contributed by atoms with Crippen LogP contribution in [-0.4, -0.2) is 108 Å². The number of nitrogens with two attached hydrogens (primary N) is 3. The monoisotopic (exact) mass is 853 g/mol. The number of carbonyl (C=O) groups excluding carboxylic acids is 3. The number of carbonyl (C=O) groups is 3. The van der Waals surface area contributed by atoms with Crippen LogP contribution in [-0.2, 0) is 9.59 Å². The summed E-state index contributed by atoms with van der Waals surface area (Å²) < 4.78 is 33.0. The minimum atomic E-state index is -1.34. The molecular formula is C47H61F2N9O4. The van der Waals surface area contributed by atoms with E-state index in [0.717, 1.165) is 68.1 Å². The SMILES string of the molecule is CNc1cc2ccn(C3CCN(CC4(F)CCN(C(=O)c5ccc(C6CCCN(C(/C=C(\N)c7ccccc7O)=C(N)N)C6)c(C)c5)CC4)CC3)c2cc1F.O=CCCNC=O. The van der Waals surface area contributed by atoms with Crippen molar-refractivity contribution in [1.29, 1.82) is 0 Å². The summed E-state index contributed by atoms with van der Waals surface area (Å²) in [5.74, 6) is 0.104. The first-order valence-corrected chi connectivity index (χ1v) is 21.5. The van der Waals surface area contributed by atoms with Gasteiger partial charge in [-0.3, -0.25) is 9.59 Å². The fourth-order valence-corrected chi connectivity index (χ4v) is 9.11. The number of halogens is 2. The number of phenolic OH excluding ortho intramolecular Hbond substituents is 1. The van der Waals surface area contributed by atoms with E-state index in [0.29, 0.717) is 86.6 Å². The predicted molar refractivity (Wildman–Crippen MR) is 240 cm³/mol. The molecule has 0 saturated carbocycles. The summed E-state index contributed by atoms with van der Waals surface area (Å²) in [4.78, 5) is 38.8. The largest absolute Gasteiger partial charge is 0.507 e. The molecule has 3 aliphatic heterocycles. The number of alkyl halides is 1.